The molecule has 0 unspecified atom stereocenters. The molecule has 4 heterocycles. The number of Topliss-reactive ketones (excluding diaryl/α,β-unsaturated/α-hetero) is 1. The van der Waals surface area contributed by atoms with Crippen molar-refractivity contribution < 1.29 is 4.79 Å². The first-order valence-electron chi connectivity index (χ1n) is 5.54. The summed E-state index contributed by atoms with van der Waals surface area (Å²) in [5.74, 6) is 3.46. The van der Waals surface area contributed by atoms with Gasteiger partial charge in [-0.3, -0.25) is 0 Å². The van der Waals surface area contributed by atoms with Crippen LogP contribution in [0, 0.1) is 11.8 Å². The molecule has 4 bridgehead atoms. The predicted molar refractivity (Wildman–Crippen MR) is 64.8 cm³/mol. The Balaban J connectivity index is 2.04. The standard InChI is InChI=1S/C10H20OP2/c1-12-3-8-5-13(2,7-12)6-9(4-12)10(8)11/h8-9,12-13H,3-7H2,1-2H3. The van der Waals surface area contributed by atoms with E-state index >= 15 is 0 Å². The van der Waals surface area contributed by atoms with Crippen molar-refractivity contribution in [2.24, 2.45) is 11.8 Å². The van der Waals surface area contributed by atoms with Crippen molar-refractivity contribution in [3.05, 3.63) is 0 Å². The molecule has 13 heavy (non-hydrogen) atoms. The summed E-state index contributed by atoms with van der Waals surface area (Å²) in [5, 5.41) is 0. The minimum absolute atomic E-state index is 0.564. The molecule has 3 heteroatoms. The van der Waals surface area contributed by atoms with E-state index < -0.39 is 14.5 Å². The molecule has 4 fully saturated rings. The molecule has 0 aliphatic carbocycles. The fraction of sp³-hybridized carbons (Fsp3) is 0.900. The van der Waals surface area contributed by atoms with Crippen molar-refractivity contribution in [1.29, 1.82) is 0 Å². The Hall–Kier alpha value is 0.530. The molecule has 4 aliphatic heterocycles. The number of rotatable bonds is 0. The van der Waals surface area contributed by atoms with Crippen LogP contribution in [-0.4, -0.2) is 49.7 Å². The zero-order chi connectivity index (χ0) is 9.27. The van der Waals surface area contributed by atoms with Gasteiger partial charge < -0.3 is 0 Å². The minimum atomic E-state index is -0.873. The second-order valence-corrected chi connectivity index (χ2v) is 16.7. The van der Waals surface area contributed by atoms with Gasteiger partial charge in [-0.15, -0.1) is 0 Å². The van der Waals surface area contributed by atoms with Gasteiger partial charge in [-0.2, -0.15) is 0 Å². The van der Waals surface area contributed by atoms with Gasteiger partial charge in [0, 0.05) is 0 Å². The summed E-state index contributed by atoms with van der Waals surface area (Å²) in [4.78, 5) is 11.9. The van der Waals surface area contributed by atoms with Crippen LogP contribution in [0.25, 0.3) is 0 Å². The third-order valence-corrected chi connectivity index (χ3v) is 17.4. The molecule has 0 spiro atoms. The third-order valence-electron chi connectivity index (χ3n) is 4.62. The van der Waals surface area contributed by atoms with Gasteiger partial charge in [0.1, 0.15) is 0 Å². The van der Waals surface area contributed by atoms with Crippen LogP contribution in [-0.2, 0) is 4.79 Å². The molecule has 4 saturated heterocycles. The SMILES string of the molecule is C[PH]12CC3C[PH](C)(CC(C1)C3=O)C2. The van der Waals surface area contributed by atoms with Gasteiger partial charge in [0.05, 0.1) is 0 Å². The van der Waals surface area contributed by atoms with Crippen LogP contribution < -0.4 is 0 Å². The summed E-state index contributed by atoms with van der Waals surface area (Å²) >= 11 is 0. The van der Waals surface area contributed by atoms with Crippen molar-refractivity contribution in [2.45, 2.75) is 0 Å². The maximum atomic E-state index is 11.9. The van der Waals surface area contributed by atoms with Gasteiger partial charge in [0.15, 0.2) is 0 Å². The summed E-state index contributed by atoms with van der Waals surface area (Å²) < 4.78 is 0. The number of carbonyl (C=O) groups is 1. The number of hydrogen-bond donors (Lipinski definition) is 0. The molecular formula is C10H20OP2. The van der Waals surface area contributed by atoms with Gasteiger partial charge in [0.2, 0.25) is 0 Å². The molecule has 0 amide bonds. The van der Waals surface area contributed by atoms with E-state index in [1.807, 2.05) is 0 Å². The van der Waals surface area contributed by atoms with Gasteiger partial charge >= 0.3 is 80.8 Å². The molecule has 0 saturated carbocycles. The fourth-order valence-electron chi connectivity index (χ4n) is 4.75. The second kappa shape index (κ2) is 2.37. The van der Waals surface area contributed by atoms with E-state index in [1.54, 1.807) is 5.90 Å². The Bertz CT molecular complexity index is 249. The van der Waals surface area contributed by atoms with Gasteiger partial charge in [-0.05, 0) is 0 Å². The quantitative estimate of drug-likeness (QED) is 0.564. The Morgan fingerprint density at radius 3 is 1.77 bits per heavy atom. The van der Waals surface area contributed by atoms with E-state index in [0.29, 0.717) is 17.6 Å². The number of ketones is 1. The molecule has 0 aromatic heterocycles. The van der Waals surface area contributed by atoms with E-state index in [-0.39, 0.29) is 0 Å². The molecule has 0 aromatic rings. The fourth-order valence-corrected chi connectivity index (χ4v) is 22.3. The zero-order valence-corrected chi connectivity index (χ0v) is 10.6. The van der Waals surface area contributed by atoms with Crippen LogP contribution in [0.3, 0.4) is 0 Å². The van der Waals surface area contributed by atoms with Gasteiger partial charge in [0.25, 0.3) is 0 Å². The first-order valence-corrected chi connectivity index (χ1v) is 11.8. The molecule has 0 aromatic carbocycles. The molecule has 4 rings (SSSR count). The van der Waals surface area contributed by atoms with Crippen LogP contribution >= 0.6 is 14.5 Å². The Morgan fingerprint density at radius 2 is 1.38 bits per heavy atom. The Labute approximate surface area is 81.3 Å². The average molecular weight is 218 g/mol. The van der Waals surface area contributed by atoms with Crippen LogP contribution in [0.4, 0.5) is 0 Å². The molecule has 0 N–H and O–H groups in total. The molecule has 0 atom stereocenters. The first-order chi connectivity index (χ1) is 6.00. The number of carbonyl (C=O) groups excluding carboxylic acids is 1. The van der Waals surface area contributed by atoms with Crippen molar-refractivity contribution in [1.82, 2.24) is 0 Å². The maximum absolute atomic E-state index is 11.9. The van der Waals surface area contributed by atoms with Gasteiger partial charge in [-0.25, -0.2) is 0 Å². The van der Waals surface area contributed by atoms with Crippen LogP contribution in [0.5, 0.6) is 0 Å². The Morgan fingerprint density at radius 1 is 1.00 bits per heavy atom. The topological polar surface area (TPSA) is 17.1 Å². The van der Waals surface area contributed by atoms with Crippen molar-refractivity contribution in [3.63, 3.8) is 0 Å². The summed E-state index contributed by atoms with van der Waals surface area (Å²) in [6, 6.07) is 0. The third kappa shape index (κ3) is 1.17. The van der Waals surface area contributed by atoms with Crippen LogP contribution in [0.15, 0.2) is 0 Å². The van der Waals surface area contributed by atoms with E-state index in [9.17, 15) is 4.79 Å². The molecular weight excluding hydrogens is 198 g/mol. The monoisotopic (exact) mass is 218 g/mol. The molecule has 1 nitrogen and oxygen atoms in total. The van der Waals surface area contributed by atoms with Crippen LogP contribution in [0.1, 0.15) is 0 Å². The molecule has 4 aliphatic rings. The predicted octanol–water partition coefficient (Wildman–Crippen LogP) is 1.55. The first kappa shape index (κ1) is 8.81. The summed E-state index contributed by atoms with van der Waals surface area (Å²) in [7, 11) is -1.75. The normalized spacial score (nSPS) is 48.9. The van der Waals surface area contributed by atoms with Crippen molar-refractivity contribution in [3.8, 4) is 0 Å². The Kier molecular flexibility index (Phi) is 1.60. The average Bonchev–Trinajstić information content (AvgIpc) is 1.94. The molecule has 76 valence electrons. The van der Waals surface area contributed by atoms with Gasteiger partial charge in [-0.1, -0.05) is 0 Å². The number of hydrogen-bond acceptors (Lipinski definition) is 1. The zero-order valence-electron chi connectivity index (χ0n) is 8.60. The van der Waals surface area contributed by atoms with E-state index in [4.69, 9.17) is 0 Å². The van der Waals surface area contributed by atoms with E-state index in [0.717, 1.165) is 0 Å². The van der Waals surface area contributed by atoms with Crippen LogP contribution in [0.2, 0.25) is 0 Å². The van der Waals surface area contributed by atoms with E-state index in [2.05, 4.69) is 13.3 Å². The second-order valence-electron chi connectivity index (χ2n) is 6.41. The molecule has 0 radical (unpaired) electrons. The van der Waals surface area contributed by atoms with Crippen molar-refractivity contribution in [2.75, 3.05) is 43.9 Å². The van der Waals surface area contributed by atoms with E-state index in [1.165, 1.54) is 24.6 Å². The summed E-state index contributed by atoms with van der Waals surface area (Å²) in [5.41, 5.74) is 0. The summed E-state index contributed by atoms with van der Waals surface area (Å²) in [6.45, 7) is 5.14. The summed E-state index contributed by atoms with van der Waals surface area (Å²) in [6.07, 6.45) is 5.46. The van der Waals surface area contributed by atoms with Crippen molar-refractivity contribution >= 4 is 20.3 Å².